The quantitative estimate of drug-likeness (QED) is 0.813. The van der Waals surface area contributed by atoms with Crippen LogP contribution < -0.4 is 10.1 Å². The SMILES string of the molecule is COc1ccc(C(NCC2(CO)CCOCC2)C(C)C)cc1. The molecule has 1 aromatic rings. The van der Waals surface area contributed by atoms with E-state index in [1.54, 1.807) is 7.11 Å². The van der Waals surface area contributed by atoms with E-state index in [9.17, 15) is 5.11 Å². The van der Waals surface area contributed by atoms with Crippen LogP contribution in [0.2, 0.25) is 0 Å². The van der Waals surface area contributed by atoms with Gasteiger partial charge in [0.1, 0.15) is 5.75 Å². The van der Waals surface area contributed by atoms with E-state index in [1.807, 2.05) is 12.1 Å². The minimum Gasteiger partial charge on any atom is -0.497 e. The van der Waals surface area contributed by atoms with Crippen LogP contribution in [-0.2, 0) is 4.74 Å². The van der Waals surface area contributed by atoms with Gasteiger partial charge in [0.25, 0.3) is 0 Å². The number of aliphatic hydroxyl groups excluding tert-OH is 1. The summed E-state index contributed by atoms with van der Waals surface area (Å²) in [5.74, 6) is 1.35. The average molecular weight is 307 g/mol. The van der Waals surface area contributed by atoms with Crippen LogP contribution in [0.4, 0.5) is 0 Å². The molecule has 0 bridgehead atoms. The Morgan fingerprint density at radius 1 is 1.23 bits per heavy atom. The lowest BCUT2D eigenvalue weighted by Crippen LogP contribution is -2.43. The van der Waals surface area contributed by atoms with Gasteiger partial charge in [-0.05, 0) is 36.5 Å². The number of hydrogen-bond acceptors (Lipinski definition) is 4. The molecule has 124 valence electrons. The molecule has 1 fully saturated rings. The van der Waals surface area contributed by atoms with Crippen LogP contribution in [0.25, 0.3) is 0 Å². The van der Waals surface area contributed by atoms with Crippen LogP contribution in [0.1, 0.15) is 38.3 Å². The van der Waals surface area contributed by atoms with Crippen molar-refractivity contribution in [3.8, 4) is 5.75 Å². The zero-order chi connectivity index (χ0) is 16.0. The lowest BCUT2D eigenvalue weighted by Gasteiger charge is -2.37. The molecule has 1 aliphatic rings. The van der Waals surface area contributed by atoms with Crippen molar-refractivity contribution in [1.82, 2.24) is 5.32 Å². The predicted molar refractivity (Wildman–Crippen MR) is 88.1 cm³/mol. The van der Waals surface area contributed by atoms with E-state index in [0.717, 1.165) is 38.3 Å². The summed E-state index contributed by atoms with van der Waals surface area (Å²) in [5, 5.41) is 13.5. The number of hydrogen-bond donors (Lipinski definition) is 2. The second kappa shape index (κ2) is 7.95. The normalized spacial score (nSPS) is 19.1. The number of methoxy groups -OCH3 is 1. The maximum Gasteiger partial charge on any atom is 0.118 e. The van der Waals surface area contributed by atoms with Gasteiger partial charge < -0.3 is 19.9 Å². The Balaban J connectivity index is 2.04. The van der Waals surface area contributed by atoms with Gasteiger partial charge in [-0.3, -0.25) is 0 Å². The van der Waals surface area contributed by atoms with Crippen LogP contribution in [0.15, 0.2) is 24.3 Å². The highest BCUT2D eigenvalue weighted by molar-refractivity contribution is 5.29. The molecule has 22 heavy (non-hydrogen) atoms. The molecule has 0 radical (unpaired) electrons. The molecule has 1 atom stereocenters. The molecule has 0 amide bonds. The molecule has 4 heteroatoms. The van der Waals surface area contributed by atoms with Gasteiger partial charge in [0.05, 0.1) is 13.7 Å². The zero-order valence-corrected chi connectivity index (χ0v) is 14.0. The van der Waals surface area contributed by atoms with Crippen molar-refractivity contribution in [2.75, 3.05) is 33.5 Å². The van der Waals surface area contributed by atoms with Crippen molar-refractivity contribution in [3.63, 3.8) is 0 Å². The molecule has 1 saturated heterocycles. The van der Waals surface area contributed by atoms with E-state index >= 15 is 0 Å². The van der Waals surface area contributed by atoms with Crippen molar-refractivity contribution in [2.24, 2.45) is 11.3 Å². The van der Waals surface area contributed by atoms with Crippen LogP contribution in [0.5, 0.6) is 5.75 Å². The first-order valence-electron chi connectivity index (χ1n) is 8.16. The lowest BCUT2D eigenvalue weighted by molar-refractivity contribution is -0.0172. The Labute approximate surface area is 133 Å². The summed E-state index contributed by atoms with van der Waals surface area (Å²) in [6.07, 6.45) is 1.84. The van der Waals surface area contributed by atoms with Crippen LogP contribution in [-0.4, -0.2) is 38.6 Å². The fourth-order valence-corrected chi connectivity index (χ4v) is 3.07. The summed E-state index contributed by atoms with van der Waals surface area (Å²) in [6.45, 7) is 6.97. The van der Waals surface area contributed by atoms with Gasteiger partial charge in [0, 0.05) is 31.2 Å². The molecule has 1 heterocycles. The molecule has 0 aromatic heterocycles. The second-order valence-corrected chi connectivity index (χ2v) is 6.65. The summed E-state index contributed by atoms with van der Waals surface area (Å²) in [7, 11) is 1.68. The minimum absolute atomic E-state index is 0.0438. The summed E-state index contributed by atoms with van der Waals surface area (Å²) in [4.78, 5) is 0. The zero-order valence-electron chi connectivity index (χ0n) is 14.0. The van der Waals surface area contributed by atoms with Crippen LogP contribution >= 0.6 is 0 Å². The smallest absolute Gasteiger partial charge is 0.118 e. The Hall–Kier alpha value is -1.10. The number of ether oxygens (including phenoxy) is 2. The highest BCUT2D eigenvalue weighted by Crippen LogP contribution is 2.31. The van der Waals surface area contributed by atoms with Gasteiger partial charge >= 0.3 is 0 Å². The van der Waals surface area contributed by atoms with Crippen LogP contribution in [0, 0.1) is 11.3 Å². The van der Waals surface area contributed by atoms with Crippen molar-refractivity contribution >= 4 is 0 Å². The maximum absolute atomic E-state index is 9.82. The molecule has 2 N–H and O–H groups in total. The fraction of sp³-hybridized carbons (Fsp3) is 0.667. The monoisotopic (exact) mass is 307 g/mol. The largest absolute Gasteiger partial charge is 0.497 e. The third kappa shape index (κ3) is 4.22. The first kappa shape index (κ1) is 17.3. The third-order valence-electron chi connectivity index (χ3n) is 4.73. The molecular formula is C18H29NO3. The van der Waals surface area contributed by atoms with E-state index in [-0.39, 0.29) is 18.1 Å². The fourth-order valence-electron chi connectivity index (χ4n) is 3.07. The maximum atomic E-state index is 9.82. The number of rotatable bonds is 7. The van der Waals surface area contributed by atoms with Crippen molar-refractivity contribution < 1.29 is 14.6 Å². The average Bonchev–Trinajstić information content (AvgIpc) is 2.56. The van der Waals surface area contributed by atoms with Crippen LogP contribution in [0.3, 0.4) is 0 Å². The number of nitrogens with one attached hydrogen (secondary N) is 1. The van der Waals surface area contributed by atoms with E-state index in [4.69, 9.17) is 9.47 Å². The molecule has 1 aromatic carbocycles. The van der Waals surface area contributed by atoms with Crippen molar-refractivity contribution in [2.45, 2.75) is 32.7 Å². The summed E-state index contributed by atoms with van der Waals surface area (Å²) in [6, 6.07) is 8.51. The molecule has 4 nitrogen and oxygen atoms in total. The molecule has 1 unspecified atom stereocenters. The molecule has 1 aliphatic heterocycles. The molecule has 0 spiro atoms. The minimum atomic E-state index is -0.0438. The van der Waals surface area contributed by atoms with E-state index < -0.39 is 0 Å². The van der Waals surface area contributed by atoms with Gasteiger partial charge in [-0.2, -0.15) is 0 Å². The lowest BCUT2D eigenvalue weighted by atomic mass is 9.80. The molecule has 0 saturated carbocycles. The Bertz CT molecular complexity index is 438. The van der Waals surface area contributed by atoms with Gasteiger partial charge in [-0.25, -0.2) is 0 Å². The van der Waals surface area contributed by atoms with E-state index in [1.165, 1.54) is 5.56 Å². The second-order valence-electron chi connectivity index (χ2n) is 6.65. The number of aliphatic hydroxyl groups is 1. The topological polar surface area (TPSA) is 50.7 Å². The van der Waals surface area contributed by atoms with Crippen molar-refractivity contribution in [1.29, 1.82) is 0 Å². The van der Waals surface area contributed by atoms with E-state index in [0.29, 0.717) is 5.92 Å². The Morgan fingerprint density at radius 2 is 1.86 bits per heavy atom. The van der Waals surface area contributed by atoms with Gasteiger partial charge in [0.15, 0.2) is 0 Å². The van der Waals surface area contributed by atoms with Crippen molar-refractivity contribution in [3.05, 3.63) is 29.8 Å². The third-order valence-corrected chi connectivity index (χ3v) is 4.73. The van der Waals surface area contributed by atoms with Gasteiger partial charge in [0.2, 0.25) is 0 Å². The summed E-state index contributed by atoms with van der Waals surface area (Å²) >= 11 is 0. The summed E-state index contributed by atoms with van der Waals surface area (Å²) in [5.41, 5.74) is 1.22. The first-order valence-corrected chi connectivity index (χ1v) is 8.16. The predicted octanol–water partition coefficient (Wildman–Crippen LogP) is 2.77. The first-order chi connectivity index (χ1) is 10.6. The van der Waals surface area contributed by atoms with E-state index in [2.05, 4.69) is 31.3 Å². The Morgan fingerprint density at radius 3 is 2.36 bits per heavy atom. The highest BCUT2D eigenvalue weighted by atomic mass is 16.5. The molecule has 0 aliphatic carbocycles. The summed E-state index contributed by atoms with van der Waals surface area (Å²) < 4.78 is 10.7. The number of benzene rings is 1. The highest BCUT2D eigenvalue weighted by Gasteiger charge is 2.32. The van der Waals surface area contributed by atoms with Gasteiger partial charge in [-0.15, -0.1) is 0 Å². The standard InChI is InChI=1S/C18H29NO3/c1-14(2)17(15-4-6-16(21-3)7-5-15)19-12-18(13-20)8-10-22-11-9-18/h4-7,14,17,19-20H,8-13H2,1-3H3. The molecular weight excluding hydrogens is 278 g/mol. The Kier molecular flexibility index (Phi) is 6.24. The molecule has 2 rings (SSSR count). The van der Waals surface area contributed by atoms with Gasteiger partial charge in [-0.1, -0.05) is 26.0 Å².